The molecule has 1 amide bonds. The van der Waals surface area contributed by atoms with Gasteiger partial charge in [-0.1, -0.05) is 6.07 Å². The Labute approximate surface area is 227 Å². The van der Waals surface area contributed by atoms with E-state index in [0.29, 0.717) is 29.7 Å². The maximum Gasteiger partial charge on any atom is 0.251 e. The second-order valence-electron chi connectivity index (χ2n) is 10.6. The maximum atomic E-state index is 14.5. The Balaban J connectivity index is 1.31. The Morgan fingerprint density at radius 1 is 1.21 bits per heavy atom. The molecule has 1 aromatic heterocycles. The first-order chi connectivity index (χ1) is 18.7. The summed E-state index contributed by atoms with van der Waals surface area (Å²) in [5.74, 6) is 0.582. The number of fused-ring (bicyclic) bond motifs is 1. The number of halogens is 1. The fourth-order valence-electron chi connectivity index (χ4n) is 5.46. The number of aromatic amines is 1. The van der Waals surface area contributed by atoms with E-state index in [4.69, 9.17) is 9.47 Å². The highest BCUT2D eigenvalue weighted by Gasteiger charge is 2.36. The molecule has 1 heterocycles. The number of ether oxygens (including phenoxy) is 2. The van der Waals surface area contributed by atoms with Crippen LogP contribution in [0.15, 0.2) is 60.7 Å². The number of H-pyrrole nitrogens is 1. The van der Waals surface area contributed by atoms with Gasteiger partial charge in [-0.15, -0.1) is 0 Å². The van der Waals surface area contributed by atoms with Crippen molar-refractivity contribution in [3.63, 3.8) is 0 Å². The summed E-state index contributed by atoms with van der Waals surface area (Å²) in [5, 5.41) is 22.8. The number of hydrogen-bond donors (Lipinski definition) is 3. The Bertz CT molecular complexity index is 1470. The van der Waals surface area contributed by atoms with Crippen LogP contribution in [0.4, 0.5) is 4.39 Å². The van der Waals surface area contributed by atoms with E-state index in [0.717, 1.165) is 40.8 Å². The minimum atomic E-state index is -1.14. The third-order valence-corrected chi connectivity index (χ3v) is 7.28. The van der Waals surface area contributed by atoms with E-state index in [1.54, 1.807) is 18.2 Å². The summed E-state index contributed by atoms with van der Waals surface area (Å²) in [7, 11) is 1.49. The summed E-state index contributed by atoms with van der Waals surface area (Å²) in [6.07, 6.45) is 2.54. The van der Waals surface area contributed by atoms with Crippen molar-refractivity contribution in [3.05, 3.63) is 77.6 Å². The highest BCUT2D eigenvalue weighted by molar-refractivity contribution is 6.01. The Hall–Kier alpha value is -3.91. The number of carbonyl (C=O) groups excluding carboxylic acids is 1. The quantitative estimate of drug-likeness (QED) is 0.267. The zero-order valence-electron chi connectivity index (χ0n) is 22.5. The van der Waals surface area contributed by atoms with E-state index in [9.17, 15) is 14.3 Å². The highest BCUT2D eigenvalue weighted by atomic mass is 19.1. The second kappa shape index (κ2) is 11.1. The number of hydrogen-bond acceptors (Lipinski definition) is 5. The third-order valence-electron chi connectivity index (χ3n) is 7.28. The van der Waals surface area contributed by atoms with E-state index in [2.05, 4.69) is 15.5 Å². The fraction of sp³-hybridized carbons (Fsp3) is 0.355. The molecular formula is C31H34FN3O4. The monoisotopic (exact) mass is 531 g/mol. The van der Waals surface area contributed by atoms with Crippen LogP contribution in [0.1, 0.15) is 55.5 Å². The predicted molar refractivity (Wildman–Crippen MR) is 149 cm³/mol. The van der Waals surface area contributed by atoms with Gasteiger partial charge in [0, 0.05) is 34.5 Å². The van der Waals surface area contributed by atoms with Gasteiger partial charge in [0.05, 0.1) is 30.0 Å². The lowest BCUT2D eigenvalue weighted by Crippen LogP contribution is -2.47. The van der Waals surface area contributed by atoms with Crippen LogP contribution in [-0.2, 0) is 6.42 Å². The van der Waals surface area contributed by atoms with Gasteiger partial charge in [-0.2, -0.15) is 5.10 Å². The topological polar surface area (TPSA) is 96.5 Å². The van der Waals surface area contributed by atoms with Crippen LogP contribution in [0, 0.1) is 5.82 Å². The average molecular weight is 532 g/mol. The van der Waals surface area contributed by atoms with Gasteiger partial charge < -0.3 is 19.9 Å². The molecule has 0 radical (unpaired) electrons. The van der Waals surface area contributed by atoms with Crippen LogP contribution < -0.4 is 14.8 Å². The molecule has 0 saturated heterocycles. The van der Waals surface area contributed by atoms with E-state index in [1.807, 2.05) is 50.2 Å². The molecule has 3 N–H and O–H groups in total. The van der Waals surface area contributed by atoms with Crippen LogP contribution in [0.5, 0.6) is 11.5 Å². The summed E-state index contributed by atoms with van der Waals surface area (Å²) < 4.78 is 25.6. The molecule has 8 heteroatoms. The summed E-state index contributed by atoms with van der Waals surface area (Å²) in [6, 6.07) is 17.6. The molecule has 39 heavy (non-hydrogen) atoms. The fourth-order valence-corrected chi connectivity index (χ4v) is 5.46. The number of benzene rings is 3. The van der Waals surface area contributed by atoms with Gasteiger partial charge >= 0.3 is 0 Å². The molecule has 0 bridgehead atoms. The molecule has 1 fully saturated rings. The van der Waals surface area contributed by atoms with E-state index >= 15 is 0 Å². The van der Waals surface area contributed by atoms with Crippen LogP contribution >= 0.6 is 0 Å². The smallest absolute Gasteiger partial charge is 0.251 e. The van der Waals surface area contributed by atoms with Crippen molar-refractivity contribution >= 4 is 16.8 Å². The normalized spacial score (nSPS) is 19.3. The highest BCUT2D eigenvalue weighted by Crippen LogP contribution is 2.35. The Morgan fingerprint density at radius 2 is 2.00 bits per heavy atom. The van der Waals surface area contributed by atoms with E-state index in [1.165, 1.54) is 13.2 Å². The molecule has 0 spiro atoms. The van der Waals surface area contributed by atoms with Gasteiger partial charge in [0.25, 0.3) is 5.91 Å². The summed E-state index contributed by atoms with van der Waals surface area (Å²) in [5.41, 5.74) is 2.22. The van der Waals surface area contributed by atoms with Crippen molar-refractivity contribution < 1.29 is 23.8 Å². The van der Waals surface area contributed by atoms with Crippen LogP contribution in [0.25, 0.3) is 22.2 Å². The molecule has 0 aliphatic heterocycles. The lowest BCUT2D eigenvalue weighted by Gasteiger charge is -2.37. The lowest BCUT2D eigenvalue weighted by atomic mass is 9.77. The molecule has 7 nitrogen and oxygen atoms in total. The van der Waals surface area contributed by atoms with Crippen molar-refractivity contribution in [3.8, 4) is 22.8 Å². The number of methoxy groups -OCH3 is 1. The molecular weight excluding hydrogens is 497 g/mol. The number of aromatic nitrogens is 2. The van der Waals surface area contributed by atoms with Crippen molar-refractivity contribution in [2.75, 3.05) is 7.11 Å². The third kappa shape index (κ3) is 5.91. The number of nitrogens with zero attached hydrogens (tertiary/aromatic N) is 1. The van der Waals surface area contributed by atoms with Crippen molar-refractivity contribution in [1.29, 1.82) is 0 Å². The van der Waals surface area contributed by atoms with Gasteiger partial charge in [-0.3, -0.25) is 9.89 Å². The molecule has 3 aromatic carbocycles. The predicted octanol–water partition coefficient (Wildman–Crippen LogP) is 5.81. The molecule has 204 valence electrons. The first-order valence-corrected chi connectivity index (χ1v) is 13.3. The zero-order valence-corrected chi connectivity index (χ0v) is 22.5. The van der Waals surface area contributed by atoms with Gasteiger partial charge in [0.2, 0.25) is 0 Å². The summed E-state index contributed by atoms with van der Waals surface area (Å²) in [4.78, 5) is 13.3. The zero-order chi connectivity index (χ0) is 27.6. The number of rotatable bonds is 8. The van der Waals surface area contributed by atoms with Crippen LogP contribution in [0.2, 0.25) is 0 Å². The Morgan fingerprint density at radius 3 is 2.74 bits per heavy atom. The molecule has 2 atom stereocenters. The molecule has 1 aliphatic rings. The molecule has 5 rings (SSSR count). The second-order valence-corrected chi connectivity index (χ2v) is 10.6. The van der Waals surface area contributed by atoms with E-state index < -0.39 is 11.4 Å². The SMILES string of the molecule is COc1cccc(F)c1CC1(O)CCC[C@@H](NC(=O)c2ccc3[nH]nc(-c4ccc(OC(C)C)cc4)c3c2)C1. The Kier molecular flexibility index (Phi) is 7.57. The lowest BCUT2D eigenvalue weighted by molar-refractivity contribution is -0.00728. The van der Waals surface area contributed by atoms with Gasteiger partial charge in [0.15, 0.2) is 0 Å². The van der Waals surface area contributed by atoms with Crippen LogP contribution in [-0.4, -0.2) is 46.1 Å². The number of aliphatic hydroxyl groups is 1. The molecule has 4 aromatic rings. The number of carbonyl (C=O) groups is 1. The largest absolute Gasteiger partial charge is 0.496 e. The number of amides is 1. The minimum absolute atomic E-state index is 0.0885. The van der Waals surface area contributed by atoms with Crippen LogP contribution in [0.3, 0.4) is 0 Å². The first kappa shape index (κ1) is 26.7. The van der Waals surface area contributed by atoms with Gasteiger partial charge in [0.1, 0.15) is 17.3 Å². The number of nitrogens with one attached hydrogen (secondary N) is 2. The minimum Gasteiger partial charge on any atom is -0.496 e. The average Bonchev–Trinajstić information content (AvgIpc) is 3.33. The maximum absolute atomic E-state index is 14.5. The van der Waals surface area contributed by atoms with Crippen molar-refractivity contribution in [1.82, 2.24) is 15.5 Å². The summed E-state index contributed by atoms with van der Waals surface area (Å²) >= 11 is 0. The van der Waals surface area contributed by atoms with Crippen molar-refractivity contribution in [2.45, 2.75) is 63.7 Å². The molecule has 1 saturated carbocycles. The van der Waals surface area contributed by atoms with Gasteiger partial charge in [-0.25, -0.2) is 4.39 Å². The summed E-state index contributed by atoms with van der Waals surface area (Å²) in [6.45, 7) is 3.96. The first-order valence-electron chi connectivity index (χ1n) is 13.3. The molecule has 1 unspecified atom stereocenters. The van der Waals surface area contributed by atoms with Crippen molar-refractivity contribution in [2.24, 2.45) is 0 Å². The molecule has 1 aliphatic carbocycles. The van der Waals surface area contributed by atoms with E-state index in [-0.39, 0.29) is 24.5 Å². The standard InChI is InChI=1S/C31H34FN3O4/c1-19(2)39-23-12-9-20(10-13-23)29-24-16-21(11-14-27(24)34-35-29)30(36)33-22-6-5-15-31(37,17-22)18-25-26(32)7-4-8-28(25)38-3/h4,7-14,16,19,22,37H,5-6,15,17-18H2,1-3H3,(H,33,36)(H,34,35)/t22-,31?/m1/s1. The van der Waals surface area contributed by atoms with Gasteiger partial charge in [-0.05, 0) is 94.1 Å².